The van der Waals surface area contributed by atoms with Crippen molar-refractivity contribution in [2.45, 2.75) is 56.7 Å². The largest absolute Gasteiger partial charge is 0.507 e. The molecule has 32 heavy (non-hydrogen) atoms. The van der Waals surface area contributed by atoms with Crippen molar-refractivity contribution < 1.29 is 5.11 Å². The first kappa shape index (κ1) is 19.2. The van der Waals surface area contributed by atoms with Crippen molar-refractivity contribution >= 4 is 19.8 Å². The molecule has 3 aliphatic carbocycles. The van der Waals surface area contributed by atoms with E-state index >= 15 is 0 Å². The molecular weight excluding hydrogens is 395 g/mol. The monoisotopic (exact) mass is 424 g/mol. The number of dihydropyridines is 1. The van der Waals surface area contributed by atoms with Crippen LogP contribution in [0.1, 0.15) is 44.1 Å². The molecule has 1 aromatic carbocycles. The highest BCUT2D eigenvalue weighted by atomic mass is 16.3. The molecule has 0 bridgehead atoms. The minimum Gasteiger partial charge on any atom is -0.507 e. The Labute approximate surface area is 190 Å². The highest BCUT2D eigenvalue weighted by Gasteiger charge is 2.72. The van der Waals surface area contributed by atoms with Crippen molar-refractivity contribution in [1.29, 1.82) is 0 Å². The van der Waals surface area contributed by atoms with E-state index in [0.717, 1.165) is 58.8 Å². The topological polar surface area (TPSA) is 60.2 Å². The molecule has 3 saturated carbocycles. The first-order valence-corrected chi connectivity index (χ1v) is 12.2. The molecule has 4 fully saturated rings. The van der Waals surface area contributed by atoms with Gasteiger partial charge in [0.05, 0.1) is 11.4 Å². The second-order valence-electron chi connectivity index (χ2n) is 10.8. The summed E-state index contributed by atoms with van der Waals surface area (Å²) in [5.74, 6) is 2.34. The van der Waals surface area contributed by atoms with Gasteiger partial charge in [-0.25, -0.2) is 0 Å². The molecule has 162 valence electrons. The summed E-state index contributed by atoms with van der Waals surface area (Å²) in [6.07, 6.45) is 12.0. The number of phenolic OH excluding ortho intramolecular Hbond substituents is 1. The molecule has 2 radical (unpaired) electrons. The molecule has 2 N–H and O–H groups in total. The molecular formula is C26H29BN4O. The van der Waals surface area contributed by atoms with Crippen LogP contribution in [0.15, 0.2) is 57.2 Å². The summed E-state index contributed by atoms with van der Waals surface area (Å²) in [6, 6.07) is 8.44. The fourth-order valence-corrected chi connectivity index (χ4v) is 7.02. The number of allylic oxidation sites excluding steroid dienone is 2. The predicted molar refractivity (Wildman–Crippen MR) is 127 cm³/mol. The summed E-state index contributed by atoms with van der Waals surface area (Å²) in [6.45, 7) is 2.36. The van der Waals surface area contributed by atoms with E-state index in [9.17, 15) is 5.11 Å². The Bertz CT molecular complexity index is 1080. The van der Waals surface area contributed by atoms with E-state index < -0.39 is 0 Å². The Kier molecular flexibility index (Phi) is 4.09. The molecule has 5 nitrogen and oxygen atoms in total. The maximum Gasteiger partial charge on any atom is 0.131 e. The highest BCUT2D eigenvalue weighted by molar-refractivity contribution is 6.34. The molecule has 1 spiro atoms. The zero-order valence-corrected chi connectivity index (χ0v) is 18.4. The molecule has 3 aliphatic heterocycles. The second-order valence-corrected chi connectivity index (χ2v) is 10.8. The van der Waals surface area contributed by atoms with E-state index in [-0.39, 0.29) is 11.8 Å². The number of likely N-dealkylation sites (tertiary alicyclic amines) is 1. The van der Waals surface area contributed by atoms with E-state index in [2.05, 4.69) is 15.2 Å². The number of nitrogens with one attached hydrogen (secondary N) is 1. The van der Waals surface area contributed by atoms with Crippen LogP contribution in [0.25, 0.3) is 0 Å². The summed E-state index contributed by atoms with van der Waals surface area (Å²) in [5.41, 5.74) is 4.75. The van der Waals surface area contributed by atoms with E-state index in [1.807, 2.05) is 24.3 Å². The van der Waals surface area contributed by atoms with Crippen LogP contribution < -0.4 is 5.32 Å². The van der Waals surface area contributed by atoms with Gasteiger partial charge in [0.25, 0.3) is 0 Å². The fraction of sp³-hybridized carbons (Fsp3) is 0.538. The van der Waals surface area contributed by atoms with E-state index in [1.54, 1.807) is 12.3 Å². The quantitative estimate of drug-likeness (QED) is 0.731. The molecule has 1 saturated heterocycles. The molecule has 3 heterocycles. The molecule has 0 amide bonds. The van der Waals surface area contributed by atoms with Crippen molar-refractivity contribution in [2.24, 2.45) is 27.2 Å². The number of hydrogen-bond acceptors (Lipinski definition) is 5. The standard InChI is InChI=1S/C26H29BN4O/c27-20-14-28-25-22(11-21(30-24(20)25)19-3-1-2-4-23(19)32)29-17-5-7-31(8-6-17)18-9-15-12-26(15)13-16(26)10-18/h1-4,11,14-18,25,29,32H,5-10,12-13H2/t15-,16?,18?,25?,26?/m1/s1. The van der Waals surface area contributed by atoms with Gasteiger partial charge in [0, 0.05) is 42.6 Å². The zero-order chi connectivity index (χ0) is 21.4. The number of fused-ring (bicyclic) bond motifs is 1. The van der Waals surface area contributed by atoms with Gasteiger partial charge < -0.3 is 15.3 Å². The Hall–Kier alpha value is -2.34. The number of aliphatic imine (C=N–C) groups is 2. The zero-order valence-electron chi connectivity index (χ0n) is 18.4. The summed E-state index contributed by atoms with van der Waals surface area (Å²) >= 11 is 0. The van der Waals surface area contributed by atoms with Crippen molar-refractivity contribution in [1.82, 2.24) is 10.2 Å². The van der Waals surface area contributed by atoms with Gasteiger partial charge in [0.15, 0.2) is 0 Å². The van der Waals surface area contributed by atoms with Crippen LogP contribution in [0.5, 0.6) is 5.75 Å². The van der Waals surface area contributed by atoms with Crippen LogP contribution in [-0.4, -0.2) is 61.0 Å². The normalized spacial score (nSPS) is 37.9. The van der Waals surface area contributed by atoms with Crippen LogP contribution in [-0.2, 0) is 0 Å². The number of nitrogens with zero attached hydrogens (tertiary/aromatic N) is 3. The summed E-state index contributed by atoms with van der Waals surface area (Å²) < 4.78 is 0. The van der Waals surface area contributed by atoms with E-state index in [1.165, 1.54) is 38.8 Å². The number of phenols is 1. The SMILES string of the molecule is [B]C1=C2N=C(c3ccccc3O)C=C(NC3CCN(C4CC5CC56C[C@H]6C4)CC3)C2N=C1. The Morgan fingerprint density at radius 3 is 2.59 bits per heavy atom. The van der Waals surface area contributed by atoms with Crippen LogP contribution in [0, 0.1) is 17.3 Å². The Morgan fingerprint density at radius 2 is 1.84 bits per heavy atom. The van der Waals surface area contributed by atoms with E-state index in [4.69, 9.17) is 12.8 Å². The predicted octanol–water partition coefficient (Wildman–Crippen LogP) is 3.15. The minimum absolute atomic E-state index is 0.154. The van der Waals surface area contributed by atoms with Crippen molar-refractivity contribution in [2.75, 3.05) is 13.1 Å². The second kappa shape index (κ2) is 6.83. The third-order valence-electron chi connectivity index (χ3n) is 9.01. The van der Waals surface area contributed by atoms with Gasteiger partial charge in [-0.2, -0.15) is 0 Å². The first-order chi connectivity index (χ1) is 15.6. The lowest BCUT2D eigenvalue weighted by Gasteiger charge is -2.40. The maximum atomic E-state index is 10.4. The fourth-order valence-electron chi connectivity index (χ4n) is 7.02. The third-order valence-corrected chi connectivity index (χ3v) is 9.01. The van der Waals surface area contributed by atoms with E-state index in [0.29, 0.717) is 11.5 Å². The summed E-state index contributed by atoms with van der Waals surface area (Å²) in [5, 5.41) is 14.2. The molecule has 6 aliphatic rings. The molecule has 0 aromatic heterocycles. The highest BCUT2D eigenvalue weighted by Crippen LogP contribution is 2.79. The van der Waals surface area contributed by atoms with Crippen LogP contribution in [0.3, 0.4) is 0 Å². The van der Waals surface area contributed by atoms with Gasteiger partial charge in [0.2, 0.25) is 0 Å². The van der Waals surface area contributed by atoms with Crippen molar-refractivity contribution in [3.8, 4) is 5.75 Å². The van der Waals surface area contributed by atoms with Crippen LogP contribution in [0.4, 0.5) is 0 Å². The average Bonchev–Trinajstić information content (AvgIpc) is 3.66. The summed E-state index contributed by atoms with van der Waals surface area (Å²) in [7, 11) is 6.19. The molecule has 6 heteroatoms. The van der Waals surface area contributed by atoms with Crippen LogP contribution in [0.2, 0.25) is 0 Å². The van der Waals surface area contributed by atoms with Gasteiger partial charge >= 0.3 is 0 Å². The van der Waals surface area contributed by atoms with Crippen molar-refractivity contribution in [3.05, 3.63) is 52.8 Å². The number of para-hydroxylation sites is 1. The molecule has 4 unspecified atom stereocenters. The van der Waals surface area contributed by atoms with Crippen molar-refractivity contribution in [3.63, 3.8) is 0 Å². The smallest absolute Gasteiger partial charge is 0.131 e. The van der Waals surface area contributed by atoms with Crippen LogP contribution >= 0.6 is 0 Å². The van der Waals surface area contributed by atoms with Gasteiger partial charge in [-0.1, -0.05) is 17.6 Å². The Morgan fingerprint density at radius 1 is 1.09 bits per heavy atom. The van der Waals surface area contributed by atoms with Gasteiger partial charge in [-0.3, -0.25) is 9.98 Å². The summed E-state index contributed by atoms with van der Waals surface area (Å²) in [4.78, 5) is 12.1. The Balaban J connectivity index is 1.06. The molecule has 1 aromatic rings. The lowest BCUT2D eigenvalue weighted by molar-refractivity contribution is 0.112. The van der Waals surface area contributed by atoms with Gasteiger partial charge in [-0.15, -0.1) is 0 Å². The minimum atomic E-state index is -0.154. The maximum absolute atomic E-state index is 10.4. The number of rotatable bonds is 4. The number of aromatic hydroxyl groups is 1. The number of hydrogen-bond donors (Lipinski definition) is 2. The first-order valence-electron chi connectivity index (χ1n) is 12.2. The molecule has 7 rings (SSSR count). The van der Waals surface area contributed by atoms with Gasteiger partial charge in [-0.05, 0) is 74.0 Å². The lowest BCUT2D eigenvalue weighted by atomic mass is 9.90. The number of benzene rings is 1. The molecule has 5 atom stereocenters. The van der Waals surface area contributed by atoms with Gasteiger partial charge in [0.1, 0.15) is 19.6 Å². The number of piperidine rings is 1. The third kappa shape index (κ3) is 2.95. The average molecular weight is 424 g/mol. The lowest BCUT2D eigenvalue weighted by Crippen LogP contribution is -2.48.